The van der Waals surface area contributed by atoms with Crippen molar-refractivity contribution >= 4 is 24.4 Å². The third kappa shape index (κ3) is 2.70. The lowest BCUT2D eigenvalue weighted by Crippen LogP contribution is -2.57. The predicted molar refractivity (Wildman–Crippen MR) is 66.1 cm³/mol. The Morgan fingerprint density at radius 1 is 1.31 bits per heavy atom. The average Bonchev–Trinajstić information content (AvgIpc) is 2.66. The molecule has 4 nitrogen and oxygen atoms in total. The van der Waals surface area contributed by atoms with E-state index >= 15 is 0 Å². The van der Waals surface area contributed by atoms with Crippen LogP contribution in [0.1, 0.15) is 39.5 Å². The molecule has 1 aliphatic carbocycles. The van der Waals surface area contributed by atoms with Gasteiger partial charge in [-0.05, 0) is 18.8 Å². The van der Waals surface area contributed by atoms with Gasteiger partial charge < -0.3 is 11.1 Å². The van der Waals surface area contributed by atoms with Crippen LogP contribution in [0.5, 0.6) is 0 Å². The summed E-state index contributed by atoms with van der Waals surface area (Å²) in [5, 5.41) is 2.39. The number of nitrogens with two attached hydrogens (primary N) is 1. The zero-order valence-corrected chi connectivity index (χ0v) is 10.7. The van der Waals surface area contributed by atoms with Crippen LogP contribution in [0.25, 0.3) is 0 Å². The van der Waals surface area contributed by atoms with E-state index < -0.39 is 16.7 Å². The normalized spacial score (nSPS) is 20.8. The van der Waals surface area contributed by atoms with E-state index in [0.29, 0.717) is 12.8 Å². The van der Waals surface area contributed by atoms with Crippen molar-refractivity contribution in [1.29, 1.82) is 0 Å². The number of carbonyl (C=O) groups excluding carboxylic acids is 2. The molecule has 0 aromatic rings. The van der Waals surface area contributed by atoms with Crippen LogP contribution in [-0.2, 0) is 9.59 Å². The monoisotopic (exact) mass is 244 g/mol. The molecule has 1 fully saturated rings. The van der Waals surface area contributed by atoms with E-state index in [1.807, 2.05) is 13.8 Å². The summed E-state index contributed by atoms with van der Waals surface area (Å²) in [4.78, 5) is 23.3. The first-order chi connectivity index (χ1) is 7.39. The van der Waals surface area contributed by atoms with Crippen LogP contribution >= 0.6 is 12.6 Å². The molecular weight excluding hydrogens is 224 g/mol. The Morgan fingerprint density at radius 2 is 1.81 bits per heavy atom. The lowest BCUT2D eigenvalue weighted by atomic mass is 9.96. The molecule has 0 saturated heterocycles. The van der Waals surface area contributed by atoms with E-state index in [0.717, 1.165) is 12.8 Å². The number of rotatable bonds is 4. The molecule has 3 N–H and O–H groups in total. The molecule has 0 spiro atoms. The van der Waals surface area contributed by atoms with Crippen molar-refractivity contribution in [2.24, 2.45) is 11.7 Å². The lowest BCUT2D eigenvalue weighted by Gasteiger charge is -2.28. The van der Waals surface area contributed by atoms with Gasteiger partial charge in [-0.25, -0.2) is 0 Å². The number of carbonyl (C=O) groups is 2. The molecule has 0 bridgehead atoms. The summed E-state index contributed by atoms with van der Waals surface area (Å²) in [7, 11) is 0. The Hall–Kier alpha value is -0.710. The van der Waals surface area contributed by atoms with Crippen LogP contribution in [-0.4, -0.2) is 22.6 Å². The molecule has 16 heavy (non-hydrogen) atoms. The first-order valence-corrected chi connectivity index (χ1v) is 6.21. The molecule has 1 unspecified atom stereocenters. The zero-order chi connectivity index (χ0) is 12.3. The third-order valence-electron chi connectivity index (χ3n) is 3.19. The van der Waals surface area contributed by atoms with Crippen LogP contribution in [0, 0.1) is 5.92 Å². The second-order valence-electron chi connectivity index (χ2n) is 4.83. The Bertz CT molecular complexity index is 286. The summed E-state index contributed by atoms with van der Waals surface area (Å²) in [6.07, 6.45) is 3.16. The van der Waals surface area contributed by atoms with Crippen molar-refractivity contribution < 1.29 is 9.59 Å². The first kappa shape index (κ1) is 13.4. The largest absolute Gasteiger partial charge is 0.368 e. The second kappa shape index (κ2) is 5.08. The Morgan fingerprint density at radius 3 is 2.19 bits per heavy atom. The number of nitrogens with one attached hydrogen (secondary N) is 1. The summed E-state index contributed by atoms with van der Waals surface area (Å²) in [6.45, 7) is 3.84. The van der Waals surface area contributed by atoms with Crippen molar-refractivity contribution in [3.63, 3.8) is 0 Å². The standard InChI is InChI=1S/C11H20N2O2S/c1-7(2)8(16)9(14)13-11(10(12)15)5-3-4-6-11/h7-8,16H,3-6H2,1-2H3,(H2,12,15)(H,13,14). The molecule has 1 atom stereocenters. The Labute approximate surface area is 102 Å². The van der Waals surface area contributed by atoms with Crippen LogP contribution in [0.15, 0.2) is 0 Å². The van der Waals surface area contributed by atoms with Gasteiger partial charge in [0.15, 0.2) is 0 Å². The molecule has 1 saturated carbocycles. The third-order valence-corrected chi connectivity index (χ3v) is 4.02. The number of amides is 2. The fraction of sp³-hybridized carbons (Fsp3) is 0.818. The molecule has 0 aromatic heterocycles. The van der Waals surface area contributed by atoms with E-state index in [-0.39, 0.29) is 11.8 Å². The van der Waals surface area contributed by atoms with Gasteiger partial charge in [0.25, 0.3) is 0 Å². The molecule has 0 aliphatic heterocycles. The number of thiol groups is 1. The minimum atomic E-state index is -0.826. The molecule has 0 radical (unpaired) electrons. The highest BCUT2D eigenvalue weighted by Crippen LogP contribution is 2.29. The van der Waals surface area contributed by atoms with Crippen molar-refractivity contribution in [1.82, 2.24) is 5.32 Å². The summed E-state index contributed by atoms with van der Waals surface area (Å²) < 4.78 is 0. The quantitative estimate of drug-likeness (QED) is 0.642. The van der Waals surface area contributed by atoms with Gasteiger partial charge in [0.05, 0.1) is 5.25 Å². The topological polar surface area (TPSA) is 72.2 Å². The highest BCUT2D eigenvalue weighted by atomic mass is 32.1. The molecule has 1 aliphatic rings. The van der Waals surface area contributed by atoms with Crippen molar-refractivity contribution in [3.05, 3.63) is 0 Å². The SMILES string of the molecule is CC(C)C(S)C(=O)NC1(C(N)=O)CCCC1. The number of hydrogen-bond donors (Lipinski definition) is 3. The summed E-state index contributed by atoms with van der Waals surface area (Å²) in [5.74, 6) is -0.490. The Balaban J connectivity index is 2.70. The fourth-order valence-corrected chi connectivity index (χ4v) is 2.09. The lowest BCUT2D eigenvalue weighted by molar-refractivity contribution is -0.131. The maximum Gasteiger partial charge on any atom is 0.243 e. The van der Waals surface area contributed by atoms with Crippen LogP contribution in [0.4, 0.5) is 0 Å². The Kier molecular flexibility index (Phi) is 4.24. The smallest absolute Gasteiger partial charge is 0.243 e. The van der Waals surface area contributed by atoms with Gasteiger partial charge in [-0.3, -0.25) is 9.59 Å². The van der Waals surface area contributed by atoms with E-state index in [9.17, 15) is 9.59 Å². The van der Waals surface area contributed by atoms with Crippen molar-refractivity contribution in [3.8, 4) is 0 Å². The van der Waals surface area contributed by atoms with E-state index in [4.69, 9.17) is 5.73 Å². The van der Waals surface area contributed by atoms with Gasteiger partial charge in [0, 0.05) is 0 Å². The van der Waals surface area contributed by atoms with Crippen molar-refractivity contribution in [2.45, 2.75) is 50.3 Å². The summed E-state index contributed by atoms with van der Waals surface area (Å²) in [6, 6.07) is 0. The highest BCUT2D eigenvalue weighted by molar-refractivity contribution is 7.81. The van der Waals surface area contributed by atoms with Crippen molar-refractivity contribution in [2.75, 3.05) is 0 Å². The van der Waals surface area contributed by atoms with Gasteiger partial charge in [-0.1, -0.05) is 26.7 Å². The van der Waals surface area contributed by atoms with E-state index in [1.165, 1.54) is 0 Å². The maximum absolute atomic E-state index is 11.9. The molecule has 5 heteroatoms. The minimum Gasteiger partial charge on any atom is -0.368 e. The van der Waals surface area contributed by atoms with Crippen LogP contribution in [0.2, 0.25) is 0 Å². The predicted octanol–water partition coefficient (Wildman–Crippen LogP) is 0.855. The van der Waals surface area contributed by atoms with Gasteiger partial charge in [-0.2, -0.15) is 12.6 Å². The molecule has 0 aromatic carbocycles. The average molecular weight is 244 g/mol. The van der Waals surface area contributed by atoms with Crippen LogP contribution < -0.4 is 11.1 Å². The summed E-state index contributed by atoms with van der Waals surface area (Å²) >= 11 is 4.23. The minimum absolute atomic E-state index is 0.134. The summed E-state index contributed by atoms with van der Waals surface area (Å²) in [5.41, 5.74) is 4.55. The van der Waals surface area contributed by atoms with E-state index in [1.54, 1.807) is 0 Å². The zero-order valence-electron chi connectivity index (χ0n) is 9.82. The van der Waals surface area contributed by atoms with E-state index in [2.05, 4.69) is 17.9 Å². The van der Waals surface area contributed by atoms with Crippen LogP contribution in [0.3, 0.4) is 0 Å². The molecule has 1 rings (SSSR count). The number of primary amides is 1. The number of hydrogen-bond acceptors (Lipinski definition) is 3. The van der Waals surface area contributed by atoms with Gasteiger partial charge in [-0.15, -0.1) is 0 Å². The molecular formula is C11H20N2O2S. The molecule has 0 heterocycles. The molecule has 92 valence electrons. The van der Waals surface area contributed by atoms with Gasteiger partial charge in [0.1, 0.15) is 5.54 Å². The van der Waals surface area contributed by atoms with Gasteiger partial charge >= 0.3 is 0 Å². The first-order valence-electron chi connectivity index (χ1n) is 5.69. The fourth-order valence-electron chi connectivity index (χ4n) is 2.02. The van der Waals surface area contributed by atoms with Gasteiger partial charge in [0.2, 0.25) is 11.8 Å². The highest BCUT2D eigenvalue weighted by Gasteiger charge is 2.41. The maximum atomic E-state index is 11.9. The second-order valence-corrected chi connectivity index (χ2v) is 5.39. The molecule has 2 amide bonds.